The summed E-state index contributed by atoms with van der Waals surface area (Å²) in [7, 11) is 0. The fourth-order valence-corrected chi connectivity index (χ4v) is 3.94. The van der Waals surface area contributed by atoms with Crippen molar-refractivity contribution in [2.45, 2.75) is 71.1 Å². The number of rotatable bonds is 14. The number of hydrogen-bond acceptors (Lipinski definition) is 6. The van der Waals surface area contributed by atoms with Crippen molar-refractivity contribution in [2.24, 2.45) is 17.6 Å². The van der Waals surface area contributed by atoms with E-state index in [1.54, 1.807) is 13.1 Å². The molecule has 0 saturated heterocycles. The fraction of sp³-hybridized carbons (Fsp3) is 0.538. The molecule has 3 amide bonds. The number of fused-ring (bicyclic) bond motifs is 1. The predicted octanol–water partition coefficient (Wildman–Crippen LogP) is 0.661. The van der Waals surface area contributed by atoms with Gasteiger partial charge >= 0.3 is 5.97 Å². The zero-order chi connectivity index (χ0) is 27.7. The summed E-state index contributed by atoms with van der Waals surface area (Å²) in [5.41, 5.74) is 7.50. The number of aromatic nitrogens is 1. The number of aliphatic carboxylic acids is 1. The van der Waals surface area contributed by atoms with Crippen LogP contribution in [0, 0.1) is 11.8 Å². The molecule has 2 aromatic rings. The Bertz CT molecular complexity index is 1080. The monoisotopic (exact) mass is 517 g/mol. The molecular formula is C26H39N5O6. The third-order valence-electron chi connectivity index (χ3n) is 6.43. The summed E-state index contributed by atoms with van der Waals surface area (Å²) in [5.74, 6) is -3.39. The number of para-hydroxylation sites is 1. The molecule has 1 aromatic carbocycles. The number of carboxylic acid groups (broad SMARTS) is 1. The van der Waals surface area contributed by atoms with Crippen molar-refractivity contribution >= 4 is 34.6 Å². The number of carboxylic acids is 1. The number of amides is 3. The quantitative estimate of drug-likeness (QED) is 0.192. The predicted molar refractivity (Wildman–Crippen MR) is 139 cm³/mol. The van der Waals surface area contributed by atoms with E-state index in [4.69, 9.17) is 5.73 Å². The van der Waals surface area contributed by atoms with Crippen LogP contribution < -0.4 is 21.7 Å². The highest BCUT2D eigenvalue weighted by atomic mass is 16.4. The standard InChI is InChI=1S/C26H39N5O6/c1-5-15(4)22(27)25(35)31-21(13-32)24(34)29-19(10-14(2)3)23(33)30-20(26(36)37)11-16-12-28-18-9-7-6-8-17(16)18/h6-9,12,14-15,19-22,28,32H,5,10-11,13,27H2,1-4H3,(H,29,34)(H,30,33)(H,31,35)(H,36,37). The largest absolute Gasteiger partial charge is 0.480 e. The normalized spacial score (nSPS) is 15.4. The number of benzene rings is 1. The fourth-order valence-electron chi connectivity index (χ4n) is 3.94. The van der Waals surface area contributed by atoms with Crippen LogP contribution in [0.1, 0.15) is 46.1 Å². The molecule has 0 saturated carbocycles. The van der Waals surface area contributed by atoms with Crippen LogP contribution >= 0.6 is 0 Å². The van der Waals surface area contributed by atoms with E-state index in [0.717, 1.165) is 16.5 Å². The summed E-state index contributed by atoms with van der Waals surface area (Å²) in [4.78, 5) is 53.5. The van der Waals surface area contributed by atoms with Gasteiger partial charge in [-0.05, 0) is 29.9 Å². The first-order valence-electron chi connectivity index (χ1n) is 12.5. The Morgan fingerprint density at radius 3 is 2.14 bits per heavy atom. The number of H-pyrrole nitrogens is 1. The molecule has 0 fully saturated rings. The lowest BCUT2D eigenvalue weighted by molar-refractivity contribution is -0.142. The Morgan fingerprint density at radius 2 is 1.54 bits per heavy atom. The molecule has 2 rings (SSSR count). The Hall–Kier alpha value is -3.44. The van der Waals surface area contributed by atoms with E-state index in [9.17, 15) is 29.4 Å². The van der Waals surface area contributed by atoms with Crippen molar-refractivity contribution in [1.82, 2.24) is 20.9 Å². The Labute approximate surface area is 216 Å². The molecule has 11 heteroatoms. The number of aromatic amines is 1. The maximum Gasteiger partial charge on any atom is 0.326 e. The molecule has 11 nitrogen and oxygen atoms in total. The molecule has 5 atom stereocenters. The van der Waals surface area contributed by atoms with E-state index < -0.39 is 54.5 Å². The Morgan fingerprint density at radius 1 is 0.946 bits per heavy atom. The summed E-state index contributed by atoms with van der Waals surface area (Å²) < 4.78 is 0. The second-order valence-corrected chi connectivity index (χ2v) is 9.81. The molecule has 0 aliphatic carbocycles. The molecule has 0 aliphatic rings. The second-order valence-electron chi connectivity index (χ2n) is 9.81. The van der Waals surface area contributed by atoms with Crippen molar-refractivity contribution in [2.75, 3.05) is 6.61 Å². The molecule has 0 aliphatic heterocycles. The van der Waals surface area contributed by atoms with Crippen LogP contribution in [0.3, 0.4) is 0 Å². The lowest BCUT2D eigenvalue weighted by Crippen LogP contribution is -2.58. The summed E-state index contributed by atoms with van der Waals surface area (Å²) in [5, 5.41) is 27.9. The van der Waals surface area contributed by atoms with Crippen LogP contribution in [-0.2, 0) is 25.6 Å². The minimum Gasteiger partial charge on any atom is -0.480 e. The average Bonchev–Trinajstić information content (AvgIpc) is 3.27. The number of nitrogens with one attached hydrogen (secondary N) is 4. The van der Waals surface area contributed by atoms with Gasteiger partial charge in [0.1, 0.15) is 18.1 Å². The summed E-state index contributed by atoms with van der Waals surface area (Å²) in [6.07, 6.45) is 2.62. The van der Waals surface area contributed by atoms with Gasteiger partial charge in [0.2, 0.25) is 17.7 Å². The number of nitrogens with two attached hydrogens (primary N) is 1. The first-order chi connectivity index (χ1) is 17.5. The van der Waals surface area contributed by atoms with Crippen LogP contribution in [0.5, 0.6) is 0 Å². The maximum absolute atomic E-state index is 13.1. The van der Waals surface area contributed by atoms with Crippen molar-refractivity contribution < 1.29 is 29.4 Å². The first kappa shape index (κ1) is 29.8. The van der Waals surface area contributed by atoms with Gasteiger partial charge in [0, 0.05) is 23.5 Å². The van der Waals surface area contributed by atoms with E-state index in [2.05, 4.69) is 20.9 Å². The van der Waals surface area contributed by atoms with Crippen LogP contribution in [0.2, 0.25) is 0 Å². The third kappa shape index (κ3) is 8.29. The van der Waals surface area contributed by atoms with Crippen LogP contribution in [0.4, 0.5) is 0 Å². The summed E-state index contributed by atoms with van der Waals surface area (Å²) >= 11 is 0. The highest BCUT2D eigenvalue weighted by molar-refractivity contribution is 5.94. The molecule has 204 valence electrons. The van der Waals surface area contributed by atoms with Crippen molar-refractivity contribution in [3.05, 3.63) is 36.0 Å². The van der Waals surface area contributed by atoms with Crippen LogP contribution in [0.25, 0.3) is 10.9 Å². The molecule has 0 spiro atoms. The molecular weight excluding hydrogens is 478 g/mol. The summed E-state index contributed by atoms with van der Waals surface area (Å²) in [6, 6.07) is 2.95. The van der Waals surface area contributed by atoms with Crippen molar-refractivity contribution in [3.8, 4) is 0 Å². The number of carbonyl (C=O) groups excluding carboxylic acids is 3. The van der Waals surface area contributed by atoms with E-state index in [-0.39, 0.29) is 24.7 Å². The SMILES string of the molecule is CCC(C)C(N)C(=O)NC(CO)C(=O)NC(CC(C)C)C(=O)NC(Cc1c[nH]c2ccccc12)C(=O)O. The van der Waals surface area contributed by atoms with E-state index in [1.807, 2.05) is 45.0 Å². The van der Waals surface area contributed by atoms with Crippen molar-refractivity contribution in [3.63, 3.8) is 0 Å². The van der Waals surface area contributed by atoms with Crippen LogP contribution in [0.15, 0.2) is 30.5 Å². The zero-order valence-corrected chi connectivity index (χ0v) is 21.8. The molecule has 37 heavy (non-hydrogen) atoms. The number of aliphatic hydroxyl groups excluding tert-OH is 1. The molecule has 1 aromatic heterocycles. The lowest BCUT2D eigenvalue weighted by Gasteiger charge is -2.26. The molecule has 0 radical (unpaired) electrons. The van der Waals surface area contributed by atoms with E-state index >= 15 is 0 Å². The number of aliphatic hydroxyl groups is 1. The van der Waals surface area contributed by atoms with Crippen LogP contribution in [-0.4, -0.2) is 69.7 Å². The topological polar surface area (TPSA) is 187 Å². The van der Waals surface area contributed by atoms with E-state index in [1.165, 1.54) is 0 Å². The van der Waals surface area contributed by atoms with Gasteiger partial charge in [-0.25, -0.2) is 4.79 Å². The number of hydrogen-bond donors (Lipinski definition) is 7. The highest BCUT2D eigenvalue weighted by Gasteiger charge is 2.31. The lowest BCUT2D eigenvalue weighted by atomic mass is 9.99. The number of carbonyl (C=O) groups is 4. The first-order valence-corrected chi connectivity index (χ1v) is 12.5. The van der Waals surface area contributed by atoms with Gasteiger partial charge < -0.3 is 36.9 Å². The maximum atomic E-state index is 13.1. The zero-order valence-electron chi connectivity index (χ0n) is 21.8. The molecule has 0 bridgehead atoms. The third-order valence-corrected chi connectivity index (χ3v) is 6.43. The average molecular weight is 518 g/mol. The molecule has 8 N–H and O–H groups in total. The molecule has 1 heterocycles. The summed E-state index contributed by atoms with van der Waals surface area (Å²) in [6.45, 7) is 6.69. The van der Waals surface area contributed by atoms with Crippen molar-refractivity contribution in [1.29, 1.82) is 0 Å². The van der Waals surface area contributed by atoms with Gasteiger partial charge in [-0.15, -0.1) is 0 Å². The second kappa shape index (κ2) is 13.8. The van der Waals surface area contributed by atoms with Gasteiger partial charge in [-0.3, -0.25) is 14.4 Å². The van der Waals surface area contributed by atoms with Gasteiger partial charge in [0.05, 0.1) is 12.6 Å². The molecule has 5 unspecified atom stereocenters. The van der Waals surface area contributed by atoms with Gasteiger partial charge in [-0.2, -0.15) is 0 Å². The van der Waals surface area contributed by atoms with E-state index in [0.29, 0.717) is 6.42 Å². The van der Waals surface area contributed by atoms with Gasteiger partial charge in [0.15, 0.2) is 0 Å². The minimum absolute atomic E-state index is 0.0195. The van der Waals surface area contributed by atoms with Gasteiger partial charge in [-0.1, -0.05) is 52.3 Å². The highest BCUT2D eigenvalue weighted by Crippen LogP contribution is 2.19. The minimum atomic E-state index is -1.31. The van der Waals surface area contributed by atoms with Gasteiger partial charge in [0.25, 0.3) is 0 Å². The Kier molecular flexibility index (Phi) is 11.1. The smallest absolute Gasteiger partial charge is 0.326 e. The Balaban J connectivity index is 2.13.